The molecule has 2 N–H and O–H groups in total. The Balaban J connectivity index is 2.53. The minimum atomic E-state index is 0.213. The highest BCUT2D eigenvalue weighted by Gasteiger charge is 2.32. The highest BCUT2D eigenvalue weighted by Crippen LogP contribution is 2.34. The number of hydrogen-bond acceptors (Lipinski definition) is 3. The van der Waals surface area contributed by atoms with Crippen molar-refractivity contribution in [3.05, 3.63) is 0 Å². The van der Waals surface area contributed by atoms with E-state index < -0.39 is 0 Å². The van der Waals surface area contributed by atoms with E-state index in [1.165, 1.54) is 19.3 Å². The minimum absolute atomic E-state index is 0.213. The van der Waals surface area contributed by atoms with E-state index in [1.807, 2.05) is 18.7 Å². The van der Waals surface area contributed by atoms with Crippen molar-refractivity contribution in [1.29, 1.82) is 0 Å². The van der Waals surface area contributed by atoms with E-state index >= 15 is 0 Å². The van der Waals surface area contributed by atoms with Gasteiger partial charge in [0.1, 0.15) is 0 Å². The molecule has 0 aromatic carbocycles. The van der Waals surface area contributed by atoms with Crippen LogP contribution in [0.15, 0.2) is 0 Å². The van der Waals surface area contributed by atoms with Gasteiger partial charge in [0, 0.05) is 32.1 Å². The largest absolute Gasteiger partial charge is 0.343 e. The summed E-state index contributed by atoms with van der Waals surface area (Å²) in [5, 5.41) is 0. The topological polar surface area (TPSA) is 49.6 Å². The van der Waals surface area contributed by atoms with E-state index in [1.54, 1.807) is 0 Å². The first-order chi connectivity index (χ1) is 9.49. The zero-order valence-electron chi connectivity index (χ0n) is 13.8. The van der Waals surface area contributed by atoms with Gasteiger partial charge in [0.25, 0.3) is 0 Å². The fourth-order valence-corrected chi connectivity index (χ4v) is 3.05. The van der Waals surface area contributed by atoms with Crippen LogP contribution in [0.1, 0.15) is 53.4 Å². The summed E-state index contributed by atoms with van der Waals surface area (Å²) in [6.45, 7) is 13.0. The van der Waals surface area contributed by atoms with Crippen LogP contribution in [0.2, 0.25) is 0 Å². The number of carbonyl (C=O) groups excluding carboxylic acids is 1. The summed E-state index contributed by atoms with van der Waals surface area (Å²) < 4.78 is 0. The van der Waals surface area contributed by atoms with Gasteiger partial charge in [0.2, 0.25) is 5.91 Å². The van der Waals surface area contributed by atoms with Gasteiger partial charge in [0.15, 0.2) is 0 Å². The van der Waals surface area contributed by atoms with Gasteiger partial charge in [-0.15, -0.1) is 0 Å². The number of nitrogens with two attached hydrogens (primary N) is 1. The van der Waals surface area contributed by atoms with E-state index in [0.29, 0.717) is 18.4 Å². The zero-order chi connectivity index (χ0) is 15.2. The summed E-state index contributed by atoms with van der Waals surface area (Å²) in [5.74, 6) is 0.245. The molecule has 1 amide bonds. The normalized spacial score (nSPS) is 20.6. The molecule has 1 heterocycles. The molecular formula is C16H33N3O. The lowest BCUT2D eigenvalue weighted by molar-refractivity contribution is -0.132. The second kappa shape index (κ2) is 7.99. The van der Waals surface area contributed by atoms with Crippen LogP contribution in [0, 0.1) is 5.41 Å². The molecule has 1 aliphatic heterocycles. The van der Waals surface area contributed by atoms with Crippen LogP contribution in [-0.4, -0.2) is 54.5 Å². The third kappa shape index (κ3) is 4.45. The molecule has 0 bridgehead atoms. The van der Waals surface area contributed by atoms with Crippen LogP contribution < -0.4 is 5.73 Å². The molecule has 1 fully saturated rings. The van der Waals surface area contributed by atoms with Gasteiger partial charge < -0.3 is 10.6 Å². The highest BCUT2D eigenvalue weighted by atomic mass is 16.2. The number of likely N-dealkylation sites (tertiary alicyclic amines) is 1. The van der Waals surface area contributed by atoms with Crippen LogP contribution >= 0.6 is 0 Å². The Labute approximate surface area is 124 Å². The second-order valence-corrected chi connectivity index (χ2v) is 6.36. The Hall–Kier alpha value is -0.610. The lowest BCUT2D eigenvalue weighted by Gasteiger charge is -2.42. The number of hydrogen-bond donors (Lipinski definition) is 1. The van der Waals surface area contributed by atoms with Crippen molar-refractivity contribution in [2.45, 2.75) is 59.4 Å². The minimum Gasteiger partial charge on any atom is -0.343 e. The number of rotatable bonds is 7. The third-order valence-electron chi connectivity index (χ3n) is 5.17. The maximum Gasteiger partial charge on any atom is 0.224 e. The fraction of sp³-hybridized carbons (Fsp3) is 0.938. The summed E-state index contributed by atoms with van der Waals surface area (Å²) >= 11 is 0. The summed E-state index contributed by atoms with van der Waals surface area (Å²) in [5.41, 5.74) is 6.41. The lowest BCUT2D eigenvalue weighted by atomic mass is 9.78. The van der Waals surface area contributed by atoms with Gasteiger partial charge in [-0.3, -0.25) is 9.69 Å². The molecular weight excluding hydrogens is 250 g/mol. The van der Waals surface area contributed by atoms with Gasteiger partial charge in [0.05, 0.1) is 0 Å². The van der Waals surface area contributed by atoms with Gasteiger partial charge in [-0.1, -0.05) is 20.3 Å². The first kappa shape index (κ1) is 17.4. The molecule has 1 aliphatic rings. The standard InChI is InChI=1S/C16H33N3O/c1-5-16(4)8-10-19(11-9-16)14(13-17)12-15(20)18(6-2)7-3/h14H,5-13,17H2,1-4H3. The molecule has 1 rings (SSSR count). The van der Waals surface area contributed by atoms with Crippen LogP contribution in [0.4, 0.5) is 0 Å². The maximum atomic E-state index is 12.2. The monoisotopic (exact) mass is 283 g/mol. The zero-order valence-corrected chi connectivity index (χ0v) is 13.8. The summed E-state index contributed by atoms with van der Waals surface area (Å²) in [7, 11) is 0. The van der Waals surface area contributed by atoms with Crippen molar-refractivity contribution in [3.63, 3.8) is 0 Å². The van der Waals surface area contributed by atoms with Crippen LogP contribution in [0.25, 0.3) is 0 Å². The Bertz CT molecular complexity index is 294. The molecule has 0 aliphatic carbocycles. The van der Waals surface area contributed by atoms with Crippen molar-refractivity contribution >= 4 is 5.91 Å². The molecule has 1 unspecified atom stereocenters. The number of nitrogens with zero attached hydrogens (tertiary/aromatic N) is 2. The van der Waals surface area contributed by atoms with Crippen molar-refractivity contribution in [1.82, 2.24) is 9.80 Å². The Morgan fingerprint density at radius 1 is 1.25 bits per heavy atom. The number of carbonyl (C=O) groups is 1. The van der Waals surface area contributed by atoms with E-state index in [4.69, 9.17) is 5.73 Å². The second-order valence-electron chi connectivity index (χ2n) is 6.36. The number of amides is 1. The van der Waals surface area contributed by atoms with E-state index in [9.17, 15) is 4.79 Å². The average Bonchev–Trinajstić information content (AvgIpc) is 2.47. The quantitative estimate of drug-likeness (QED) is 0.778. The van der Waals surface area contributed by atoms with E-state index in [2.05, 4.69) is 18.7 Å². The molecule has 0 radical (unpaired) electrons. The molecule has 1 saturated heterocycles. The molecule has 0 saturated carbocycles. The summed E-state index contributed by atoms with van der Waals surface area (Å²) in [6.07, 6.45) is 4.26. The average molecular weight is 283 g/mol. The molecule has 1 atom stereocenters. The van der Waals surface area contributed by atoms with Crippen molar-refractivity contribution in [2.75, 3.05) is 32.7 Å². The predicted octanol–water partition coefficient (Wildman–Crippen LogP) is 2.08. The third-order valence-corrected chi connectivity index (χ3v) is 5.17. The Morgan fingerprint density at radius 3 is 2.20 bits per heavy atom. The van der Waals surface area contributed by atoms with Gasteiger partial charge >= 0.3 is 0 Å². The van der Waals surface area contributed by atoms with Crippen molar-refractivity contribution < 1.29 is 4.79 Å². The summed E-state index contributed by atoms with van der Waals surface area (Å²) in [6, 6.07) is 0.213. The first-order valence-corrected chi connectivity index (χ1v) is 8.21. The van der Waals surface area contributed by atoms with E-state index in [0.717, 1.165) is 26.2 Å². The molecule has 4 nitrogen and oxygen atoms in total. The summed E-state index contributed by atoms with van der Waals surface area (Å²) in [4.78, 5) is 16.6. The molecule has 20 heavy (non-hydrogen) atoms. The van der Waals surface area contributed by atoms with Crippen LogP contribution in [-0.2, 0) is 4.79 Å². The molecule has 118 valence electrons. The van der Waals surface area contributed by atoms with Gasteiger partial charge in [-0.05, 0) is 45.2 Å². The smallest absolute Gasteiger partial charge is 0.224 e. The predicted molar refractivity (Wildman–Crippen MR) is 84.6 cm³/mol. The molecule has 4 heteroatoms. The van der Waals surface area contributed by atoms with E-state index in [-0.39, 0.29) is 11.9 Å². The molecule has 0 spiro atoms. The fourth-order valence-electron chi connectivity index (χ4n) is 3.05. The van der Waals surface area contributed by atoms with Crippen molar-refractivity contribution in [3.8, 4) is 0 Å². The number of piperidine rings is 1. The highest BCUT2D eigenvalue weighted by molar-refractivity contribution is 5.76. The molecule has 0 aromatic rings. The Morgan fingerprint density at radius 2 is 1.80 bits per heavy atom. The van der Waals surface area contributed by atoms with Crippen molar-refractivity contribution in [2.24, 2.45) is 11.1 Å². The maximum absolute atomic E-state index is 12.2. The van der Waals surface area contributed by atoms with Gasteiger partial charge in [-0.2, -0.15) is 0 Å². The first-order valence-electron chi connectivity index (χ1n) is 8.21. The lowest BCUT2D eigenvalue weighted by Crippen LogP contribution is -2.49. The Kier molecular flexibility index (Phi) is 6.96. The molecule has 0 aromatic heterocycles. The van der Waals surface area contributed by atoms with Crippen LogP contribution in [0.5, 0.6) is 0 Å². The van der Waals surface area contributed by atoms with Crippen LogP contribution in [0.3, 0.4) is 0 Å². The SMILES string of the molecule is CCN(CC)C(=O)CC(CN)N1CCC(C)(CC)CC1. The van der Waals surface area contributed by atoms with Gasteiger partial charge in [-0.25, -0.2) is 0 Å².